The van der Waals surface area contributed by atoms with E-state index in [0.717, 1.165) is 4.88 Å². The van der Waals surface area contributed by atoms with Crippen molar-refractivity contribution in [2.24, 2.45) is 0 Å². The van der Waals surface area contributed by atoms with Crippen LogP contribution < -0.4 is 5.32 Å². The molecule has 10 heteroatoms. The SMILES string of the molecule is CC(NC(=O)c1cc(S(=O)(=O)N2CCOCC2)c[nH]1)c1ccc(Cl)s1. The minimum atomic E-state index is -3.63. The molecule has 25 heavy (non-hydrogen) atoms. The van der Waals surface area contributed by atoms with Gasteiger partial charge in [0.25, 0.3) is 5.91 Å². The summed E-state index contributed by atoms with van der Waals surface area (Å²) in [6.07, 6.45) is 1.34. The Kier molecular flexibility index (Phi) is 5.49. The van der Waals surface area contributed by atoms with Gasteiger partial charge in [0.15, 0.2) is 0 Å². The van der Waals surface area contributed by atoms with Crippen LogP contribution in [0.5, 0.6) is 0 Å². The molecule has 0 bridgehead atoms. The molecule has 1 atom stereocenters. The molecule has 7 nitrogen and oxygen atoms in total. The summed E-state index contributed by atoms with van der Waals surface area (Å²) in [5.74, 6) is -0.375. The number of nitrogens with zero attached hydrogens (tertiary/aromatic N) is 1. The molecule has 3 heterocycles. The highest BCUT2D eigenvalue weighted by atomic mass is 35.5. The number of carbonyl (C=O) groups excluding carboxylic acids is 1. The summed E-state index contributed by atoms with van der Waals surface area (Å²) < 4.78 is 32.3. The number of thiophene rings is 1. The Morgan fingerprint density at radius 2 is 2.12 bits per heavy atom. The van der Waals surface area contributed by atoms with Crippen molar-refractivity contribution >= 4 is 38.9 Å². The third kappa shape index (κ3) is 4.06. The van der Waals surface area contributed by atoms with E-state index in [0.29, 0.717) is 30.6 Å². The molecule has 2 aromatic heterocycles. The van der Waals surface area contributed by atoms with Gasteiger partial charge >= 0.3 is 0 Å². The monoisotopic (exact) mass is 403 g/mol. The maximum atomic E-state index is 12.6. The molecule has 1 unspecified atom stereocenters. The molecule has 0 radical (unpaired) electrons. The number of ether oxygens (including phenoxy) is 1. The molecule has 3 rings (SSSR count). The van der Waals surface area contributed by atoms with Crippen LogP contribution in [0.4, 0.5) is 0 Å². The van der Waals surface area contributed by atoms with Crippen molar-refractivity contribution in [1.82, 2.24) is 14.6 Å². The fourth-order valence-corrected chi connectivity index (χ4v) is 4.96. The van der Waals surface area contributed by atoms with E-state index in [-0.39, 0.29) is 22.5 Å². The second-order valence-electron chi connectivity index (χ2n) is 5.60. The molecule has 1 saturated heterocycles. The Morgan fingerprint density at radius 3 is 2.76 bits per heavy atom. The van der Waals surface area contributed by atoms with E-state index in [1.165, 1.54) is 27.9 Å². The summed E-state index contributed by atoms with van der Waals surface area (Å²) in [5.41, 5.74) is 0.196. The Hall–Kier alpha value is -1.39. The molecule has 0 aliphatic carbocycles. The third-order valence-corrected chi connectivity index (χ3v) is 7.17. The molecule has 1 aliphatic rings. The summed E-state index contributed by atoms with van der Waals surface area (Å²) in [7, 11) is -3.63. The minimum Gasteiger partial charge on any atom is -0.379 e. The molecule has 0 saturated carbocycles. The van der Waals surface area contributed by atoms with Gasteiger partial charge in [0.2, 0.25) is 10.0 Å². The number of carbonyl (C=O) groups is 1. The van der Waals surface area contributed by atoms with E-state index in [1.807, 2.05) is 13.0 Å². The van der Waals surface area contributed by atoms with Crippen LogP contribution in [0, 0.1) is 0 Å². The van der Waals surface area contributed by atoms with Gasteiger partial charge in [-0.25, -0.2) is 8.42 Å². The van der Waals surface area contributed by atoms with Crippen LogP contribution in [-0.4, -0.2) is 49.9 Å². The highest BCUT2D eigenvalue weighted by Crippen LogP contribution is 2.27. The van der Waals surface area contributed by atoms with Gasteiger partial charge in [-0.05, 0) is 25.1 Å². The maximum absolute atomic E-state index is 12.6. The fraction of sp³-hybridized carbons (Fsp3) is 0.400. The van der Waals surface area contributed by atoms with Gasteiger partial charge in [-0.2, -0.15) is 4.31 Å². The van der Waals surface area contributed by atoms with Crippen LogP contribution in [0.2, 0.25) is 4.34 Å². The highest BCUT2D eigenvalue weighted by Gasteiger charge is 2.28. The van der Waals surface area contributed by atoms with Crippen LogP contribution >= 0.6 is 22.9 Å². The topological polar surface area (TPSA) is 91.5 Å². The zero-order valence-corrected chi connectivity index (χ0v) is 15.9. The Balaban J connectivity index is 1.71. The van der Waals surface area contributed by atoms with Crippen molar-refractivity contribution in [2.45, 2.75) is 17.9 Å². The molecule has 136 valence electrons. The van der Waals surface area contributed by atoms with Crippen molar-refractivity contribution in [3.63, 3.8) is 0 Å². The Labute approximate surface area is 155 Å². The lowest BCUT2D eigenvalue weighted by atomic mass is 10.2. The smallest absolute Gasteiger partial charge is 0.268 e. The van der Waals surface area contributed by atoms with Gasteiger partial charge in [-0.3, -0.25) is 4.79 Å². The second-order valence-corrected chi connectivity index (χ2v) is 9.29. The van der Waals surface area contributed by atoms with Crippen molar-refractivity contribution in [1.29, 1.82) is 0 Å². The fourth-order valence-electron chi connectivity index (χ4n) is 2.50. The third-order valence-electron chi connectivity index (χ3n) is 3.88. The molecule has 2 N–H and O–H groups in total. The predicted molar refractivity (Wildman–Crippen MR) is 95.6 cm³/mol. The van der Waals surface area contributed by atoms with E-state index >= 15 is 0 Å². The lowest BCUT2D eigenvalue weighted by molar-refractivity contribution is 0.0730. The van der Waals surface area contributed by atoms with Crippen LogP contribution in [0.15, 0.2) is 29.3 Å². The highest BCUT2D eigenvalue weighted by molar-refractivity contribution is 7.89. The van der Waals surface area contributed by atoms with Crippen molar-refractivity contribution in [3.05, 3.63) is 39.3 Å². The number of aromatic amines is 1. The van der Waals surface area contributed by atoms with Crippen LogP contribution in [0.25, 0.3) is 0 Å². The summed E-state index contributed by atoms with van der Waals surface area (Å²) >= 11 is 7.29. The predicted octanol–water partition coefficient (Wildman–Crippen LogP) is 2.24. The van der Waals surface area contributed by atoms with E-state index in [9.17, 15) is 13.2 Å². The zero-order chi connectivity index (χ0) is 18.0. The van der Waals surface area contributed by atoms with Gasteiger partial charge in [0.05, 0.1) is 23.6 Å². The van der Waals surface area contributed by atoms with Crippen LogP contribution in [-0.2, 0) is 14.8 Å². The van der Waals surface area contributed by atoms with E-state index in [4.69, 9.17) is 16.3 Å². The zero-order valence-electron chi connectivity index (χ0n) is 13.5. The van der Waals surface area contributed by atoms with Gasteiger partial charge in [-0.1, -0.05) is 11.6 Å². The van der Waals surface area contributed by atoms with E-state index in [2.05, 4.69) is 10.3 Å². The Morgan fingerprint density at radius 1 is 1.40 bits per heavy atom. The first-order valence-corrected chi connectivity index (χ1v) is 10.3. The largest absolute Gasteiger partial charge is 0.379 e. The number of aromatic nitrogens is 1. The first kappa shape index (κ1) is 18.4. The molecule has 1 amide bonds. The second kappa shape index (κ2) is 7.46. The quantitative estimate of drug-likeness (QED) is 0.800. The number of hydrogen-bond acceptors (Lipinski definition) is 5. The number of sulfonamides is 1. The van der Waals surface area contributed by atoms with Gasteiger partial charge < -0.3 is 15.0 Å². The van der Waals surface area contributed by atoms with E-state index in [1.54, 1.807) is 6.07 Å². The molecule has 0 spiro atoms. The molecule has 0 aromatic carbocycles. The lowest BCUT2D eigenvalue weighted by Crippen LogP contribution is -2.40. The summed E-state index contributed by atoms with van der Waals surface area (Å²) in [5, 5.41) is 2.82. The van der Waals surface area contributed by atoms with Gasteiger partial charge in [0.1, 0.15) is 10.6 Å². The molecular weight excluding hydrogens is 386 g/mol. The van der Waals surface area contributed by atoms with Crippen LogP contribution in [0.3, 0.4) is 0 Å². The lowest BCUT2D eigenvalue weighted by Gasteiger charge is -2.25. The first-order chi connectivity index (χ1) is 11.9. The number of morpholine rings is 1. The molecular formula is C15H18ClN3O4S2. The summed E-state index contributed by atoms with van der Waals surface area (Å²) in [6.45, 7) is 3.21. The van der Waals surface area contributed by atoms with Crippen molar-refractivity contribution in [3.8, 4) is 0 Å². The number of halogens is 1. The number of H-pyrrole nitrogens is 1. The number of rotatable bonds is 5. The van der Waals surface area contributed by atoms with Crippen molar-refractivity contribution in [2.75, 3.05) is 26.3 Å². The molecule has 1 fully saturated rings. The first-order valence-electron chi connectivity index (χ1n) is 7.70. The number of hydrogen-bond donors (Lipinski definition) is 2. The van der Waals surface area contributed by atoms with Crippen LogP contribution in [0.1, 0.15) is 28.3 Å². The Bertz CT molecular complexity index is 856. The maximum Gasteiger partial charge on any atom is 0.268 e. The normalized spacial score (nSPS) is 17.4. The average molecular weight is 404 g/mol. The molecule has 1 aliphatic heterocycles. The summed E-state index contributed by atoms with van der Waals surface area (Å²) in [6, 6.07) is 4.74. The molecule has 2 aromatic rings. The van der Waals surface area contributed by atoms with Gasteiger partial charge in [-0.15, -0.1) is 11.3 Å². The summed E-state index contributed by atoms with van der Waals surface area (Å²) in [4.78, 5) is 16.1. The number of nitrogens with one attached hydrogen (secondary N) is 2. The van der Waals surface area contributed by atoms with Crippen molar-refractivity contribution < 1.29 is 17.9 Å². The minimum absolute atomic E-state index is 0.0753. The average Bonchev–Trinajstić information content (AvgIpc) is 3.25. The number of amides is 1. The standard InChI is InChI=1S/C15H18ClN3O4S2/c1-10(13-2-3-14(16)24-13)18-15(20)12-8-11(9-17-12)25(21,22)19-4-6-23-7-5-19/h2-3,8-10,17H,4-7H2,1H3,(H,18,20). The van der Waals surface area contributed by atoms with Gasteiger partial charge in [0, 0.05) is 24.2 Å². The van der Waals surface area contributed by atoms with E-state index < -0.39 is 10.0 Å².